The number of sulfonamides is 1. The number of carbonyl (C=O) groups excluding carboxylic acids is 1. The Morgan fingerprint density at radius 1 is 1.03 bits per heavy atom. The normalized spacial score (nSPS) is 12.7. The van der Waals surface area contributed by atoms with Crippen molar-refractivity contribution in [3.63, 3.8) is 0 Å². The Labute approximate surface area is 228 Å². The number of aliphatic hydroxyl groups is 1. The van der Waals surface area contributed by atoms with Gasteiger partial charge in [0.1, 0.15) is 5.75 Å². The molecule has 0 saturated carbocycles. The lowest BCUT2D eigenvalue weighted by Crippen LogP contribution is -2.42. The number of hydrogen-bond donors (Lipinski definition) is 3. The van der Waals surface area contributed by atoms with Gasteiger partial charge in [0.05, 0.1) is 18.1 Å². The van der Waals surface area contributed by atoms with Crippen molar-refractivity contribution in [2.75, 3.05) is 18.4 Å². The zero-order chi connectivity index (χ0) is 28.0. The quantitative estimate of drug-likeness (QED) is 0.176. The van der Waals surface area contributed by atoms with Crippen molar-refractivity contribution >= 4 is 32.8 Å². The Hall–Kier alpha value is -3.86. The zero-order valence-electron chi connectivity index (χ0n) is 22.1. The summed E-state index contributed by atoms with van der Waals surface area (Å²) in [7, 11) is -2.46. The lowest BCUT2D eigenvalue weighted by molar-refractivity contribution is 0.121. The third-order valence-corrected chi connectivity index (χ3v) is 7.84. The maximum Gasteiger partial charge on any atom is 0.513 e. The molecule has 206 valence electrons. The summed E-state index contributed by atoms with van der Waals surface area (Å²) in [5.74, 6) is 0.417. The molecule has 4 rings (SSSR count). The number of hydrogen-bond acceptors (Lipinski definition) is 7. The van der Waals surface area contributed by atoms with Crippen molar-refractivity contribution in [2.24, 2.45) is 0 Å². The molecular formula is C29H33N3O6S. The number of nitrogens with zero attached hydrogens (tertiary/aromatic N) is 1. The first-order valence-corrected chi connectivity index (χ1v) is 14.0. The second-order valence-corrected chi connectivity index (χ2v) is 11.5. The van der Waals surface area contributed by atoms with E-state index in [4.69, 9.17) is 4.74 Å². The van der Waals surface area contributed by atoms with E-state index in [1.807, 2.05) is 18.3 Å². The van der Waals surface area contributed by atoms with Gasteiger partial charge in [-0.3, -0.25) is 4.72 Å². The number of methoxy groups -OCH3 is 1. The monoisotopic (exact) mass is 551 g/mol. The molecule has 9 nitrogen and oxygen atoms in total. The van der Waals surface area contributed by atoms with Gasteiger partial charge in [-0.1, -0.05) is 30.3 Å². The molecule has 4 aromatic rings. The third kappa shape index (κ3) is 7.38. The Balaban J connectivity index is 1.33. The van der Waals surface area contributed by atoms with E-state index in [0.717, 1.165) is 23.9 Å². The number of aryl methyl sites for hydroxylation is 1. The first kappa shape index (κ1) is 28.2. The summed E-state index contributed by atoms with van der Waals surface area (Å²) in [5, 5.41) is 15.2. The molecule has 0 saturated heterocycles. The minimum atomic E-state index is -3.72. The lowest BCUT2D eigenvalue weighted by atomic mass is 9.99. The molecule has 0 fully saturated rings. The molecule has 0 radical (unpaired) electrons. The summed E-state index contributed by atoms with van der Waals surface area (Å²) in [6, 6.07) is 22.3. The number of rotatable bonds is 11. The number of carbonyl (C=O) groups is 1. The van der Waals surface area contributed by atoms with Gasteiger partial charge in [0, 0.05) is 41.4 Å². The summed E-state index contributed by atoms with van der Waals surface area (Å²) in [5.41, 5.74) is 1.71. The van der Waals surface area contributed by atoms with Crippen molar-refractivity contribution < 1.29 is 27.8 Å². The van der Waals surface area contributed by atoms with Crippen molar-refractivity contribution in [2.45, 2.75) is 43.4 Å². The van der Waals surface area contributed by atoms with Gasteiger partial charge in [-0.2, -0.15) is 0 Å². The molecule has 0 spiro atoms. The van der Waals surface area contributed by atoms with Crippen LogP contribution in [0.5, 0.6) is 5.75 Å². The lowest BCUT2D eigenvalue weighted by Gasteiger charge is -2.28. The number of aromatic nitrogens is 1. The summed E-state index contributed by atoms with van der Waals surface area (Å²) in [4.78, 5) is 11.5. The van der Waals surface area contributed by atoms with E-state index in [9.17, 15) is 18.3 Å². The average molecular weight is 552 g/mol. The summed E-state index contributed by atoms with van der Waals surface area (Å²) in [6.45, 7) is 5.16. The predicted octanol–water partition coefficient (Wildman–Crippen LogP) is 5.08. The van der Waals surface area contributed by atoms with Crippen molar-refractivity contribution in [1.82, 2.24) is 9.88 Å². The molecule has 3 N–H and O–H groups in total. The van der Waals surface area contributed by atoms with E-state index in [2.05, 4.69) is 33.2 Å². The van der Waals surface area contributed by atoms with Crippen LogP contribution in [0.2, 0.25) is 0 Å². The Morgan fingerprint density at radius 2 is 1.79 bits per heavy atom. The van der Waals surface area contributed by atoms with Gasteiger partial charge in [-0.15, -0.1) is 0 Å². The fraction of sp³-hybridized carbons (Fsp3) is 0.276. The van der Waals surface area contributed by atoms with E-state index in [1.54, 1.807) is 54.6 Å². The van der Waals surface area contributed by atoms with Crippen LogP contribution < -0.4 is 14.8 Å². The molecule has 3 aromatic carbocycles. The first-order valence-electron chi connectivity index (χ1n) is 12.5. The van der Waals surface area contributed by atoms with Gasteiger partial charge in [0.2, 0.25) is 0 Å². The van der Waals surface area contributed by atoms with Gasteiger partial charge in [0.25, 0.3) is 10.0 Å². The highest BCUT2D eigenvalue weighted by atomic mass is 32.2. The number of fused-ring (bicyclic) bond motifs is 1. The summed E-state index contributed by atoms with van der Waals surface area (Å²) >= 11 is 0. The van der Waals surface area contributed by atoms with Crippen molar-refractivity contribution in [3.8, 4) is 5.75 Å². The number of β-amino-alcohol motifs (C(OH)–C–C–N with tert-alkyl or cyclic N) is 1. The number of anilines is 1. The molecule has 1 atom stereocenters. The smallest absolute Gasteiger partial charge is 0.437 e. The van der Waals surface area contributed by atoms with Crippen LogP contribution in [-0.4, -0.2) is 43.4 Å². The SMILES string of the molecule is COC(=O)Oc1ccc2c(ccn2CCC(C)(C)NCC(O)c2cccc(NS(=O)(=O)c3ccccc3)c2)c1. The Kier molecular flexibility index (Phi) is 8.59. The van der Waals surface area contributed by atoms with E-state index < -0.39 is 22.3 Å². The van der Waals surface area contributed by atoms with Gasteiger partial charge in [-0.05, 0) is 74.4 Å². The summed E-state index contributed by atoms with van der Waals surface area (Å²) < 4.78 is 39.6. The average Bonchev–Trinajstić information content (AvgIpc) is 3.33. The van der Waals surface area contributed by atoms with Crippen LogP contribution in [0.15, 0.2) is 90.0 Å². The van der Waals surface area contributed by atoms with Gasteiger partial charge in [-0.25, -0.2) is 13.2 Å². The number of nitrogens with one attached hydrogen (secondary N) is 2. The molecule has 0 aliphatic carbocycles. The molecule has 1 aromatic heterocycles. The van der Waals surface area contributed by atoms with Gasteiger partial charge >= 0.3 is 6.16 Å². The van der Waals surface area contributed by atoms with E-state index in [0.29, 0.717) is 23.5 Å². The van der Waals surface area contributed by atoms with Crippen LogP contribution in [0.3, 0.4) is 0 Å². The van der Waals surface area contributed by atoms with Gasteiger partial charge in [0.15, 0.2) is 0 Å². The fourth-order valence-electron chi connectivity index (χ4n) is 4.18. The first-order chi connectivity index (χ1) is 18.6. The molecular weight excluding hydrogens is 518 g/mol. The minimum absolute atomic E-state index is 0.171. The van der Waals surface area contributed by atoms with Crippen LogP contribution in [-0.2, 0) is 21.3 Å². The highest BCUT2D eigenvalue weighted by molar-refractivity contribution is 7.92. The molecule has 39 heavy (non-hydrogen) atoms. The highest BCUT2D eigenvalue weighted by Crippen LogP contribution is 2.25. The Bertz CT molecular complexity index is 1530. The van der Waals surface area contributed by atoms with Crippen molar-refractivity contribution in [3.05, 3.63) is 90.6 Å². The van der Waals surface area contributed by atoms with Crippen LogP contribution in [0.25, 0.3) is 10.9 Å². The molecule has 1 unspecified atom stereocenters. The number of ether oxygens (including phenoxy) is 2. The highest BCUT2D eigenvalue weighted by Gasteiger charge is 2.20. The predicted molar refractivity (Wildman–Crippen MR) is 150 cm³/mol. The minimum Gasteiger partial charge on any atom is -0.437 e. The Morgan fingerprint density at radius 3 is 2.54 bits per heavy atom. The third-order valence-electron chi connectivity index (χ3n) is 6.44. The molecule has 0 amide bonds. The topological polar surface area (TPSA) is 119 Å². The maximum absolute atomic E-state index is 12.6. The molecule has 1 heterocycles. The molecule has 10 heteroatoms. The van der Waals surface area contributed by atoms with Crippen LogP contribution in [0, 0.1) is 0 Å². The van der Waals surface area contributed by atoms with Crippen molar-refractivity contribution in [1.29, 1.82) is 0 Å². The number of aliphatic hydroxyl groups excluding tert-OH is 1. The molecule has 0 bridgehead atoms. The molecule has 0 aliphatic rings. The van der Waals surface area contributed by atoms with Crippen LogP contribution in [0.1, 0.15) is 31.9 Å². The second kappa shape index (κ2) is 11.9. The maximum atomic E-state index is 12.6. The largest absolute Gasteiger partial charge is 0.513 e. The fourth-order valence-corrected chi connectivity index (χ4v) is 5.25. The van der Waals surface area contributed by atoms with E-state index in [-0.39, 0.29) is 10.4 Å². The zero-order valence-corrected chi connectivity index (χ0v) is 22.9. The van der Waals surface area contributed by atoms with Crippen LogP contribution >= 0.6 is 0 Å². The second-order valence-electron chi connectivity index (χ2n) is 9.86. The number of benzene rings is 3. The molecule has 0 aliphatic heterocycles. The van der Waals surface area contributed by atoms with E-state index in [1.165, 1.54) is 19.2 Å². The van der Waals surface area contributed by atoms with E-state index >= 15 is 0 Å². The standard InChI is InChI=1S/C29H33N3O6S/c1-29(2,15-17-32-16-14-21-19-24(12-13-26(21)32)38-28(34)37-3)30-20-27(33)22-8-7-9-23(18-22)31-39(35,36)25-10-5-4-6-11-25/h4-14,16,18-19,27,30-31,33H,15,17,20H2,1-3H3. The van der Waals surface area contributed by atoms with Crippen LogP contribution in [0.4, 0.5) is 10.5 Å². The van der Waals surface area contributed by atoms with Gasteiger partial charge < -0.3 is 24.5 Å². The summed E-state index contributed by atoms with van der Waals surface area (Å²) in [6.07, 6.45) is 1.18.